The third-order valence-electron chi connectivity index (χ3n) is 2.38. The summed E-state index contributed by atoms with van der Waals surface area (Å²) in [5, 5.41) is 2.49. The molecule has 0 fully saturated rings. The van der Waals surface area contributed by atoms with Crippen LogP contribution in [0.1, 0.15) is 5.56 Å². The molecule has 0 saturated carbocycles. The highest BCUT2D eigenvalue weighted by atomic mass is 35.5. The Morgan fingerprint density at radius 2 is 1.82 bits per heavy atom. The lowest BCUT2D eigenvalue weighted by atomic mass is 10.1. The Morgan fingerprint density at radius 1 is 1.12 bits per heavy atom. The summed E-state index contributed by atoms with van der Waals surface area (Å²) in [5.41, 5.74) is 6.36. The third kappa shape index (κ3) is 3.65. The Morgan fingerprint density at radius 3 is 2.59 bits per heavy atom. The lowest BCUT2D eigenvalue weighted by Crippen LogP contribution is -2.13. The second kappa shape index (κ2) is 6.52. The van der Waals surface area contributed by atoms with Gasteiger partial charge in [0, 0.05) is 5.75 Å². The number of nitrogens with two attached hydrogens (primary N) is 1. The molecule has 90 valence electrons. The van der Waals surface area contributed by atoms with E-state index in [4.69, 9.17) is 5.73 Å². The largest absolute Gasteiger partial charge is 0.369 e. The van der Waals surface area contributed by atoms with Gasteiger partial charge in [-0.3, -0.25) is 4.79 Å². The van der Waals surface area contributed by atoms with Gasteiger partial charge in [0.1, 0.15) is 0 Å². The van der Waals surface area contributed by atoms with Crippen LogP contribution in [0.5, 0.6) is 0 Å². The molecule has 0 atom stereocenters. The molecule has 4 heteroatoms. The maximum Gasteiger partial charge on any atom is 0.227 e. The van der Waals surface area contributed by atoms with Crippen molar-refractivity contribution in [3.05, 3.63) is 48.0 Å². The number of benzene rings is 2. The topological polar surface area (TPSA) is 43.1 Å². The molecule has 2 N–H and O–H groups in total. The van der Waals surface area contributed by atoms with Crippen LogP contribution in [0.25, 0.3) is 10.8 Å². The Kier molecular flexibility index (Phi) is 5.32. The van der Waals surface area contributed by atoms with Crippen LogP contribution in [0.2, 0.25) is 0 Å². The molecule has 0 saturated heterocycles. The Hall–Kier alpha value is -1.19. The summed E-state index contributed by atoms with van der Waals surface area (Å²) in [6.45, 7) is 0. The van der Waals surface area contributed by atoms with Gasteiger partial charge in [-0.2, -0.15) is 0 Å². The molecule has 2 nitrogen and oxygen atoms in total. The Bertz CT molecular complexity index is 510. The summed E-state index contributed by atoms with van der Waals surface area (Å²) in [6, 6.07) is 14.5. The standard InChI is InChI=1S/C13H13NOS.ClH/c14-13(15)9-16-8-11-6-3-5-10-4-1-2-7-12(10)11;/h1-7H,8-9H2,(H2,14,15);1H. The molecule has 2 rings (SSSR count). The molecule has 0 bridgehead atoms. The van der Waals surface area contributed by atoms with Crippen molar-refractivity contribution in [2.24, 2.45) is 5.73 Å². The number of fused-ring (bicyclic) bond motifs is 1. The normalized spacial score (nSPS) is 9.88. The Balaban J connectivity index is 0.00000144. The molecule has 0 unspecified atom stereocenters. The Labute approximate surface area is 111 Å². The van der Waals surface area contributed by atoms with E-state index in [1.54, 1.807) is 11.8 Å². The van der Waals surface area contributed by atoms with Gasteiger partial charge in [-0.15, -0.1) is 24.2 Å². The van der Waals surface area contributed by atoms with Crippen LogP contribution < -0.4 is 5.73 Å². The van der Waals surface area contributed by atoms with E-state index in [1.165, 1.54) is 16.3 Å². The molecule has 0 radical (unpaired) electrons. The van der Waals surface area contributed by atoms with E-state index in [9.17, 15) is 4.79 Å². The molecule has 0 aliphatic rings. The maximum atomic E-state index is 10.7. The number of hydrogen-bond donors (Lipinski definition) is 1. The van der Waals surface area contributed by atoms with Crippen LogP contribution in [0.3, 0.4) is 0 Å². The zero-order chi connectivity index (χ0) is 11.4. The van der Waals surface area contributed by atoms with Crippen LogP contribution in [0.4, 0.5) is 0 Å². The van der Waals surface area contributed by atoms with Gasteiger partial charge >= 0.3 is 0 Å². The second-order valence-corrected chi connectivity index (χ2v) is 4.58. The average molecular weight is 268 g/mol. The quantitative estimate of drug-likeness (QED) is 0.925. The fraction of sp³-hybridized carbons (Fsp3) is 0.154. The van der Waals surface area contributed by atoms with Crippen molar-refractivity contribution < 1.29 is 4.79 Å². The van der Waals surface area contributed by atoms with Gasteiger partial charge in [-0.1, -0.05) is 42.5 Å². The van der Waals surface area contributed by atoms with Crippen molar-refractivity contribution in [3.63, 3.8) is 0 Å². The summed E-state index contributed by atoms with van der Waals surface area (Å²) in [5.74, 6) is 0.943. The van der Waals surface area contributed by atoms with Crippen molar-refractivity contribution in [1.82, 2.24) is 0 Å². The minimum Gasteiger partial charge on any atom is -0.369 e. The van der Waals surface area contributed by atoms with E-state index < -0.39 is 0 Å². The summed E-state index contributed by atoms with van der Waals surface area (Å²) in [6.07, 6.45) is 0. The van der Waals surface area contributed by atoms with Gasteiger partial charge in [-0.25, -0.2) is 0 Å². The van der Waals surface area contributed by atoms with E-state index in [1.807, 2.05) is 18.2 Å². The first-order valence-corrected chi connectivity index (χ1v) is 6.25. The van der Waals surface area contributed by atoms with E-state index in [2.05, 4.69) is 24.3 Å². The fourth-order valence-corrected chi connectivity index (χ4v) is 2.45. The van der Waals surface area contributed by atoms with E-state index in [0.29, 0.717) is 5.75 Å². The van der Waals surface area contributed by atoms with Crippen LogP contribution in [0.15, 0.2) is 42.5 Å². The number of thioether (sulfide) groups is 1. The number of carbonyl (C=O) groups is 1. The molecule has 0 aliphatic carbocycles. The van der Waals surface area contributed by atoms with Crippen molar-refractivity contribution in [2.75, 3.05) is 5.75 Å². The SMILES string of the molecule is Cl.NC(=O)CSCc1cccc2ccccc12. The van der Waals surface area contributed by atoms with Crippen molar-refractivity contribution in [2.45, 2.75) is 5.75 Å². The first-order valence-electron chi connectivity index (χ1n) is 5.10. The highest BCUT2D eigenvalue weighted by molar-refractivity contribution is 7.99. The van der Waals surface area contributed by atoms with Gasteiger partial charge in [0.15, 0.2) is 0 Å². The zero-order valence-electron chi connectivity index (χ0n) is 9.26. The molecule has 1 amide bonds. The van der Waals surface area contributed by atoms with E-state index >= 15 is 0 Å². The summed E-state index contributed by atoms with van der Waals surface area (Å²) in [4.78, 5) is 10.7. The predicted molar refractivity (Wildman–Crippen MR) is 76.6 cm³/mol. The first kappa shape index (κ1) is 13.9. The maximum absolute atomic E-state index is 10.7. The van der Waals surface area contributed by atoms with Crippen LogP contribution in [-0.4, -0.2) is 11.7 Å². The van der Waals surface area contributed by atoms with E-state index in [-0.39, 0.29) is 18.3 Å². The second-order valence-electron chi connectivity index (χ2n) is 3.60. The molecule has 0 aromatic heterocycles. The lowest BCUT2D eigenvalue weighted by Gasteiger charge is -2.05. The summed E-state index contributed by atoms with van der Waals surface area (Å²) >= 11 is 1.55. The zero-order valence-corrected chi connectivity index (χ0v) is 10.9. The first-order chi connectivity index (χ1) is 7.77. The van der Waals surface area contributed by atoms with Crippen LogP contribution >= 0.6 is 24.2 Å². The molecule has 0 aliphatic heterocycles. The highest BCUT2D eigenvalue weighted by Gasteiger charge is 2.01. The van der Waals surface area contributed by atoms with Gasteiger partial charge in [-0.05, 0) is 16.3 Å². The number of amides is 1. The monoisotopic (exact) mass is 267 g/mol. The number of primary amides is 1. The lowest BCUT2D eigenvalue weighted by molar-refractivity contribution is -0.115. The smallest absolute Gasteiger partial charge is 0.227 e. The summed E-state index contributed by atoms with van der Waals surface area (Å²) < 4.78 is 0. The fourth-order valence-electron chi connectivity index (χ4n) is 1.68. The molecule has 0 heterocycles. The van der Waals surface area contributed by atoms with Crippen molar-refractivity contribution in [1.29, 1.82) is 0 Å². The summed E-state index contributed by atoms with van der Waals surface area (Å²) in [7, 11) is 0. The van der Waals surface area contributed by atoms with Crippen molar-refractivity contribution in [3.8, 4) is 0 Å². The minimum atomic E-state index is -0.259. The third-order valence-corrected chi connectivity index (χ3v) is 3.39. The predicted octanol–water partition coefficient (Wildman–Crippen LogP) is 2.98. The molecule has 0 spiro atoms. The number of rotatable bonds is 4. The molecule has 17 heavy (non-hydrogen) atoms. The molecular weight excluding hydrogens is 254 g/mol. The van der Waals surface area contributed by atoms with Gasteiger partial charge in [0.2, 0.25) is 5.91 Å². The van der Waals surface area contributed by atoms with Gasteiger partial charge < -0.3 is 5.73 Å². The molecule has 2 aromatic rings. The van der Waals surface area contributed by atoms with Gasteiger partial charge in [0.05, 0.1) is 5.75 Å². The minimum absolute atomic E-state index is 0. The average Bonchev–Trinajstić information content (AvgIpc) is 2.29. The number of hydrogen-bond acceptors (Lipinski definition) is 2. The highest BCUT2D eigenvalue weighted by Crippen LogP contribution is 2.22. The molecule has 2 aromatic carbocycles. The van der Waals surface area contributed by atoms with Crippen molar-refractivity contribution >= 4 is 40.8 Å². The van der Waals surface area contributed by atoms with E-state index in [0.717, 1.165) is 5.75 Å². The molecular formula is C13H14ClNOS. The number of halogens is 1. The number of carbonyl (C=O) groups excluding carboxylic acids is 1. The van der Waals surface area contributed by atoms with Gasteiger partial charge in [0.25, 0.3) is 0 Å². The van der Waals surface area contributed by atoms with Crippen LogP contribution in [0, 0.1) is 0 Å². The van der Waals surface area contributed by atoms with Crippen LogP contribution in [-0.2, 0) is 10.5 Å².